The SMILES string of the molecule is Cc1ccc(CN2CCCC2)cc1NC(=O)Cn1c(C)nc2ccccc2c1=O. The minimum absolute atomic E-state index is 0.0572. The third-order valence-corrected chi connectivity index (χ3v) is 5.54. The normalized spacial score (nSPS) is 14.4. The van der Waals surface area contributed by atoms with E-state index in [1.54, 1.807) is 19.1 Å². The molecule has 6 nitrogen and oxygen atoms in total. The van der Waals surface area contributed by atoms with Gasteiger partial charge in [-0.05, 0) is 69.1 Å². The highest BCUT2D eigenvalue weighted by Gasteiger charge is 2.14. The predicted octanol–water partition coefficient (Wildman–Crippen LogP) is 3.25. The quantitative estimate of drug-likeness (QED) is 0.726. The Morgan fingerprint density at radius 1 is 1.10 bits per heavy atom. The van der Waals surface area contributed by atoms with Crippen LogP contribution in [0.3, 0.4) is 0 Å². The summed E-state index contributed by atoms with van der Waals surface area (Å²) in [5, 5.41) is 3.50. The van der Waals surface area contributed by atoms with Crippen LogP contribution in [0.5, 0.6) is 0 Å². The topological polar surface area (TPSA) is 67.2 Å². The van der Waals surface area contributed by atoms with Gasteiger partial charge in [0.15, 0.2) is 0 Å². The Balaban J connectivity index is 1.53. The number of carbonyl (C=O) groups is 1. The van der Waals surface area contributed by atoms with E-state index < -0.39 is 0 Å². The fourth-order valence-corrected chi connectivity index (χ4v) is 3.90. The summed E-state index contributed by atoms with van der Waals surface area (Å²) in [5.41, 5.74) is 3.45. The number of fused-ring (bicyclic) bond motifs is 1. The third-order valence-electron chi connectivity index (χ3n) is 5.54. The van der Waals surface area contributed by atoms with Crippen molar-refractivity contribution < 1.29 is 4.79 Å². The van der Waals surface area contributed by atoms with Gasteiger partial charge in [-0.3, -0.25) is 19.1 Å². The number of rotatable bonds is 5. The molecule has 1 N–H and O–H groups in total. The Kier molecular flexibility index (Phi) is 5.45. The third kappa shape index (κ3) is 4.22. The molecule has 3 aromatic rings. The summed E-state index contributed by atoms with van der Waals surface area (Å²) in [7, 11) is 0. The van der Waals surface area contributed by atoms with Crippen molar-refractivity contribution in [3.8, 4) is 0 Å². The molecular formula is C23H26N4O2. The fourth-order valence-electron chi connectivity index (χ4n) is 3.90. The molecule has 2 heterocycles. The van der Waals surface area contributed by atoms with Gasteiger partial charge in [0.1, 0.15) is 12.4 Å². The molecule has 0 unspecified atom stereocenters. The van der Waals surface area contributed by atoms with Gasteiger partial charge >= 0.3 is 0 Å². The zero-order valence-electron chi connectivity index (χ0n) is 16.9. The minimum atomic E-state index is -0.228. The summed E-state index contributed by atoms with van der Waals surface area (Å²) >= 11 is 0. The smallest absolute Gasteiger partial charge is 0.261 e. The standard InChI is InChI=1S/C23H26N4O2/c1-16-9-10-18(14-26-11-5-6-12-26)13-21(16)25-22(28)15-27-17(2)24-20-8-4-3-7-19(20)23(27)29/h3-4,7-10,13H,5-6,11-12,14-15H2,1-2H3,(H,25,28). The molecule has 1 aromatic heterocycles. The first-order valence-corrected chi connectivity index (χ1v) is 10.1. The highest BCUT2D eigenvalue weighted by atomic mass is 16.2. The van der Waals surface area contributed by atoms with E-state index >= 15 is 0 Å². The lowest BCUT2D eigenvalue weighted by Crippen LogP contribution is -2.30. The Hall–Kier alpha value is -2.99. The van der Waals surface area contributed by atoms with Gasteiger partial charge in [0.2, 0.25) is 5.91 Å². The molecular weight excluding hydrogens is 364 g/mol. The molecule has 2 aromatic carbocycles. The van der Waals surface area contributed by atoms with Gasteiger partial charge in [0.25, 0.3) is 5.56 Å². The number of benzene rings is 2. The van der Waals surface area contributed by atoms with Crippen molar-refractivity contribution in [3.05, 3.63) is 69.8 Å². The minimum Gasteiger partial charge on any atom is -0.324 e. The Bertz CT molecular complexity index is 1110. The van der Waals surface area contributed by atoms with Crippen molar-refractivity contribution in [3.63, 3.8) is 0 Å². The van der Waals surface area contributed by atoms with Crippen LogP contribution < -0.4 is 10.9 Å². The van der Waals surface area contributed by atoms with E-state index in [0.29, 0.717) is 16.7 Å². The zero-order valence-corrected chi connectivity index (χ0v) is 16.9. The molecule has 1 saturated heterocycles. The lowest BCUT2D eigenvalue weighted by atomic mass is 10.1. The van der Waals surface area contributed by atoms with Crippen LogP contribution in [0.15, 0.2) is 47.3 Å². The van der Waals surface area contributed by atoms with E-state index in [1.165, 1.54) is 23.0 Å². The van der Waals surface area contributed by atoms with E-state index in [9.17, 15) is 9.59 Å². The molecule has 0 radical (unpaired) electrons. The summed E-state index contributed by atoms with van der Waals surface area (Å²) in [6.45, 7) is 6.83. The molecule has 1 amide bonds. The van der Waals surface area contributed by atoms with E-state index in [-0.39, 0.29) is 18.0 Å². The highest BCUT2D eigenvalue weighted by Crippen LogP contribution is 2.20. The summed E-state index contributed by atoms with van der Waals surface area (Å²) in [6.07, 6.45) is 2.51. The molecule has 0 atom stereocenters. The van der Waals surface area contributed by atoms with E-state index in [2.05, 4.69) is 21.3 Å². The van der Waals surface area contributed by atoms with Crippen LogP contribution in [-0.2, 0) is 17.9 Å². The maximum atomic E-state index is 12.8. The zero-order chi connectivity index (χ0) is 20.4. The van der Waals surface area contributed by atoms with Crippen molar-refractivity contribution in [2.75, 3.05) is 18.4 Å². The van der Waals surface area contributed by atoms with Crippen molar-refractivity contribution in [1.29, 1.82) is 0 Å². The summed E-state index contributed by atoms with van der Waals surface area (Å²) in [4.78, 5) is 32.4. The van der Waals surface area contributed by atoms with Crippen molar-refractivity contribution >= 4 is 22.5 Å². The number of likely N-dealkylation sites (tertiary alicyclic amines) is 1. The van der Waals surface area contributed by atoms with Gasteiger partial charge in [0, 0.05) is 12.2 Å². The second-order valence-corrected chi connectivity index (χ2v) is 7.75. The van der Waals surface area contributed by atoms with Gasteiger partial charge in [-0.25, -0.2) is 4.98 Å². The van der Waals surface area contributed by atoms with Crippen LogP contribution in [0.2, 0.25) is 0 Å². The number of hydrogen-bond acceptors (Lipinski definition) is 4. The molecule has 1 aliphatic rings. The number of aryl methyl sites for hydroxylation is 2. The molecule has 29 heavy (non-hydrogen) atoms. The maximum Gasteiger partial charge on any atom is 0.261 e. The predicted molar refractivity (Wildman–Crippen MR) is 115 cm³/mol. The van der Waals surface area contributed by atoms with E-state index in [0.717, 1.165) is 30.9 Å². The highest BCUT2D eigenvalue weighted by molar-refractivity contribution is 5.91. The summed E-state index contributed by atoms with van der Waals surface area (Å²) in [5.74, 6) is 0.303. The number of para-hydroxylation sites is 1. The van der Waals surface area contributed by atoms with Gasteiger partial charge in [-0.2, -0.15) is 0 Å². The number of aromatic nitrogens is 2. The van der Waals surface area contributed by atoms with E-state index in [4.69, 9.17) is 0 Å². The van der Waals surface area contributed by atoms with Gasteiger partial charge in [-0.15, -0.1) is 0 Å². The van der Waals surface area contributed by atoms with Crippen molar-refractivity contribution in [1.82, 2.24) is 14.5 Å². The van der Waals surface area contributed by atoms with Gasteiger partial charge < -0.3 is 5.32 Å². The first kappa shape index (κ1) is 19.3. The lowest BCUT2D eigenvalue weighted by molar-refractivity contribution is -0.116. The monoisotopic (exact) mass is 390 g/mol. The summed E-state index contributed by atoms with van der Waals surface area (Å²) in [6, 6.07) is 13.4. The van der Waals surface area contributed by atoms with Crippen LogP contribution in [0, 0.1) is 13.8 Å². The number of anilines is 1. The first-order chi connectivity index (χ1) is 14.0. The van der Waals surface area contributed by atoms with Gasteiger partial charge in [-0.1, -0.05) is 24.3 Å². The van der Waals surface area contributed by atoms with Crippen LogP contribution in [0.25, 0.3) is 10.9 Å². The Morgan fingerprint density at radius 2 is 1.86 bits per heavy atom. The van der Waals surface area contributed by atoms with Gasteiger partial charge in [0.05, 0.1) is 10.9 Å². The fraction of sp³-hybridized carbons (Fsp3) is 0.348. The number of carbonyl (C=O) groups excluding carboxylic acids is 1. The van der Waals surface area contributed by atoms with Crippen LogP contribution in [-0.4, -0.2) is 33.4 Å². The molecule has 1 fully saturated rings. The average molecular weight is 390 g/mol. The number of hydrogen-bond donors (Lipinski definition) is 1. The number of nitrogens with zero attached hydrogens (tertiary/aromatic N) is 3. The Labute approximate surface area is 170 Å². The van der Waals surface area contributed by atoms with Crippen LogP contribution in [0.4, 0.5) is 5.69 Å². The second-order valence-electron chi connectivity index (χ2n) is 7.75. The van der Waals surface area contributed by atoms with Crippen molar-refractivity contribution in [2.24, 2.45) is 0 Å². The van der Waals surface area contributed by atoms with Crippen LogP contribution >= 0.6 is 0 Å². The molecule has 0 bridgehead atoms. The van der Waals surface area contributed by atoms with E-state index in [1.807, 2.05) is 31.2 Å². The summed E-state index contributed by atoms with van der Waals surface area (Å²) < 4.78 is 1.43. The molecule has 0 spiro atoms. The average Bonchev–Trinajstić information content (AvgIpc) is 3.21. The lowest BCUT2D eigenvalue weighted by Gasteiger charge is -2.17. The second kappa shape index (κ2) is 8.17. The molecule has 150 valence electrons. The molecule has 6 heteroatoms. The molecule has 0 saturated carbocycles. The molecule has 0 aliphatic carbocycles. The first-order valence-electron chi connectivity index (χ1n) is 10.1. The van der Waals surface area contributed by atoms with Crippen LogP contribution in [0.1, 0.15) is 29.8 Å². The number of amides is 1. The molecule has 1 aliphatic heterocycles. The number of nitrogens with one attached hydrogen (secondary N) is 1. The Morgan fingerprint density at radius 3 is 2.66 bits per heavy atom. The maximum absolute atomic E-state index is 12.8. The van der Waals surface area contributed by atoms with Crippen molar-refractivity contribution in [2.45, 2.75) is 39.8 Å². The largest absolute Gasteiger partial charge is 0.324 e. The molecule has 4 rings (SSSR count).